The standard InChI is InChI=1S/C16H21N3O2/c1-3-14(20-4-2)16-18-15(21-19-16)9-11-10-17-13-8-6-5-7-12(11)13/h5-8,11,14,17H,3-4,9-10H2,1-2H3. The summed E-state index contributed by atoms with van der Waals surface area (Å²) >= 11 is 0. The molecule has 1 aliphatic heterocycles. The van der Waals surface area contributed by atoms with E-state index in [1.54, 1.807) is 0 Å². The van der Waals surface area contributed by atoms with Gasteiger partial charge >= 0.3 is 0 Å². The molecule has 0 radical (unpaired) electrons. The Morgan fingerprint density at radius 3 is 3.05 bits per heavy atom. The first-order chi connectivity index (χ1) is 10.3. The van der Waals surface area contributed by atoms with E-state index in [2.05, 4.69) is 40.6 Å². The van der Waals surface area contributed by atoms with Gasteiger partial charge in [-0.15, -0.1) is 0 Å². The maximum Gasteiger partial charge on any atom is 0.227 e. The molecule has 0 amide bonds. The van der Waals surface area contributed by atoms with Crippen molar-refractivity contribution in [2.45, 2.75) is 38.7 Å². The van der Waals surface area contributed by atoms with Crippen LogP contribution < -0.4 is 5.32 Å². The van der Waals surface area contributed by atoms with Crippen LogP contribution in [-0.4, -0.2) is 23.3 Å². The van der Waals surface area contributed by atoms with Crippen LogP contribution in [0, 0.1) is 0 Å². The van der Waals surface area contributed by atoms with Crippen molar-refractivity contribution in [3.05, 3.63) is 41.5 Å². The maximum absolute atomic E-state index is 5.62. The molecule has 2 heterocycles. The lowest BCUT2D eigenvalue weighted by molar-refractivity contribution is 0.0518. The van der Waals surface area contributed by atoms with Crippen LogP contribution in [0.15, 0.2) is 28.8 Å². The van der Waals surface area contributed by atoms with Gasteiger partial charge in [-0.1, -0.05) is 30.3 Å². The summed E-state index contributed by atoms with van der Waals surface area (Å²) in [5.41, 5.74) is 2.54. The minimum atomic E-state index is -0.0681. The van der Waals surface area contributed by atoms with Crippen molar-refractivity contribution in [3.8, 4) is 0 Å². The van der Waals surface area contributed by atoms with Crippen molar-refractivity contribution in [1.82, 2.24) is 10.1 Å². The van der Waals surface area contributed by atoms with Gasteiger partial charge in [-0.2, -0.15) is 4.98 Å². The Bertz CT molecular complexity index is 597. The van der Waals surface area contributed by atoms with Crippen molar-refractivity contribution >= 4 is 5.69 Å². The topological polar surface area (TPSA) is 60.2 Å². The van der Waals surface area contributed by atoms with Crippen LogP contribution in [0.25, 0.3) is 0 Å². The number of hydrogen-bond donors (Lipinski definition) is 1. The summed E-state index contributed by atoms with van der Waals surface area (Å²) < 4.78 is 11.0. The molecule has 1 N–H and O–H groups in total. The molecule has 0 saturated carbocycles. The third kappa shape index (κ3) is 2.93. The Balaban J connectivity index is 1.71. The predicted octanol–water partition coefficient (Wildman–Crippen LogP) is 3.31. The average Bonchev–Trinajstić information content (AvgIpc) is 3.13. The highest BCUT2D eigenvalue weighted by molar-refractivity contribution is 5.57. The zero-order chi connectivity index (χ0) is 14.7. The molecule has 1 aromatic carbocycles. The number of nitrogens with zero attached hydrogens (tertiary/aromatic N) is 2. The number of nitrogens with one attached hydrogen (secondary N) is 1. The normalized spacial score (nSPS) is 18.3. The van der Waals surface area contributed by atoms with E-state index in [4.69, 9.17) is 9.26 Å². The predicted molar refractivity (Wildman–Crippen MR) is 80.3 cm³/mol. The first kappa shape index (κ1) is 14.1. The molecule has 21 heavy (non-hydrogen) atoms. The van der Waals surface area contributed by atoms with Crippen LogP contribution in [0.1, 0.15) is 49.6 Å². The highest BCUT2D eigenvalue weighted by Gasteiger charge is 2.25. The zero-order valence-electron chi connectivity index (χ0n) is 12.5. The Morgan fingerprint density at radius 1 is 1.38 bits per heavy atom. The van der Waals surface area contributed by atoms with Gasteiger partial charge in [-0.25, -0.2) is 0 Å². The van der Waals surface area contributed by atoms with Crippen LogP contribution in [0.2, 0.25) is 0 Å². The molecule has 0 spiro atoms. The number of ether oxygens (including phenoxy) is 1. The molecule has 0 saturated heterocycles. The van der Waals surface area contributed by atoms with Crippen molar-refractivity contribution < 1.29 is 9.26 Å². The largest absolute Gasteiger partial charge is 0.384 e. The molecule has 5 nitrogen and oxygen atoms in total. The lowest BCUT2D eigenvalue weighted by Crippen LogP contribution is -2.07. The number of rotatable bonds is 6. The summed E-state index contributed by atoms with van der Waals surface area (Å²) in [7, 11) is 0. The Hall–Kier alpha value is -1.88. The molecule has 0 aliphatic carbocycles. The van der Waals surface area contributed by atoms with Crippen molar-refractivity contribution in [3.63, 3.8) is 0 Å². The molecule has 5 heteroatoms. The average molecular weight is 287 g/mol. The fourth-order valence-electron chi connectivity index (χ4n) is 2.81. The van der Waals surface area contributed by atoms with E-state index in [1.807, 2.05) is 13.0 Å². The molecule has 1 aromatic heterocycles. The lowest BCUT2D eigenvalue weighted by Gasteiger charge is -2.09. The summed E-state index contributed by atoms with van der Waals surface area (Å²) in [5, 5.41) is 7.49. The first-order valence-corrected chi connectivity index (χ1v) is 7.58. The summed E-state index contributed by atoms with van der Waals surface area (Å²) in [5.74, 6) is 1.74. The monoisotopic (exact) mass is 287 g/mol. The molecular weight excluding hydrogens is 266 g/mol. The van der Waals surface area contributed by atoms with E-state index in [0.29, 0.717) is 24.2 Å². The van der Waals surface area contributed by atoms with Crippen LogP contribution in [0.4, 0.5) is 5.69 Å². The molecule has 0 fully saturated rings. The molecule has 3 rings (SSSR count). The van der Waals surface area contributed by atoms with Gasteiger partial charge in [-0.05, 0) is 25.0 Å². The number of benzene rings is 1. The highest BCUT2D eigenvalue weighted by atomic mass is 16.5. The van der Waals surface area contributed by atoms with E-state index >= 15 is 0 Å². The zero-order valence-corrected chi connectivity index (χ0v) is 12.5. The van der Waals surface area contributed by atoms with Gasteiger partial charge in [0.25, 0.3) is 0 Å². The fourth-order valence-corrected chi connectivity index (χ4v) is 2.81. The molecule has 112 valence electrons. The number of para-hydroxylation sites is 1. The van der Waals surface area contributed by atoms with E-state index in [9.17, 15) is 0 Å². The van der Waals surface area contributed by atoms with Gasteiger partial charge < -0.3 is 14.6 Å². The molecule has 0 bridgehead atoms. The van der Waals surface area contributed by atoms with Gasteiger partial charge in [0.2, 0.25) is 11.7 Å². The van der Waals surface area contributed by atoms with Gasteiger partial charge in [-0.3, -0.25) is 0 Å². The van der Waals surface area contributed by atoms with Gasteiger partial charge in [0.15, 0.2) is 0 Å². The third-order valence-electron chi connectivity index (χ3n) is 3.87. The maximum atomic E-state index is 5.62. The second kappa shape index (κ2) is 6.26. The molecule has 2 aromatic rings. The summed E-state index contributed by atoms with van der Waals surface area (Å²) in [6.45, 7) is 5.61. The van der Waals surface area contributed by atoms with E-state index < -0.39 is 0 Å². The summed E-state index contributed by atoms with van der Waals surface area (Å²) in [6.07, 6.45) is 1.54. The number of fused-ring (bicyclic) bond motifs is 1. The van der Waals surface area contributed by atoms with Gasteiger partial charge in [0.1, 0.15) is 6.10 Å². The van der Waals surface area contributed by atoms with Crippen molar-refractivity contribution in [2.24, 2.45) is 0 Å². The minimum absolute atomic E-state index is 0.0681. The van der Waals surface area contributed by atoms with Gasteiger partial charge in [0, 0.05) is 31.2 Å². The molecule has 1 aliphatic rings. The van der Waals surface area contributed by atoms with Crippen LogP contribution in [-0.2, 0) is 11.2 Å². The van der Waals surface area contributed by atoms with Crippen LogP contribution >= 0.6 is 0 Å². The number of anilines is 1. The Morgan fingerprint density at radius 2 is 2.24 bits per heavy atom. The van der Waals surface area contributed by atoms with Gasteiger partial charge in [0.05, 0.1) is 0 Å². The Kier molecular flexibility index (Phi) is 4.20. The molecule has 2 unspecified atom stereocenters. The molecule has 2 atom stereocenters. The van der Waals surface area contributed by atoms with E-state index in [0.717, 1.165) is 19.4 Å². The Labute approximate surface area is 124 Å². The SMILES string of the molecule is CCOC(CC)c1noc(CC2CNc3ccccc32)n1. The second-order valence-electron chi connectivity index (χ2n) is 5.27. The molecular formula is C16H21N3O2. The minimum Gasteiger partial charge on any atom is -0.384 e. The van der Waals surface area contributed by atoms with Crippen LogP contribution in [0.5, 0.6) is 0 Å². The second-order valence-corrected chi connectivity index (χ2v) is 5.27. The smallest absolute Gasteiger partial charge is 0.227 e. The van der Waals surface area contributed by atoms with E-state index in [1.165, 1.54) is 11.3 Å². The van der Waals surface area contributed by atoms with Crippen LogP contribution in [0.3, 0.4) is 0 Å². The first-order valence-electron chi connectivity index (χ1n) is 7.58. The quantitative estimate of drug-likeness (QED) is 0.883. The van der Waals surface area contributed by atoms with Crippen molar-refractivity contribution in [1.29, 1.82) is 0 Å². The third-order valence-corrected chi connectivity index (χ3v) is 3.87. The van der Waals surface area contributed by atoms with Crippen molar-refractivity contribution in [2.75, 3.05) is 18.5 Å². The summed E-state index contributed by atoms with van der Waals surface area (Å²) in [6, 6.07) is 8.39. The number of aromatic nitrogens is 2. The van der Waals surface area contributed by atoms with E-state index in [-0.39, 0.29) is 6.10 Å². The summed E-state index contributed by atoms with van der Waals surface area (Å²) in [4.78, 5) is 4.51. The fraction of sp³-hybridized carbons (Fsp3) is 0.500. The highest BCUT2D eigenvalue weighted by Crippen LogP contribution is 2.33. The lowest BCUT2D eigenvalue weighted by atomic mass is 9.98. The number of hydrogen-bond acceptors (Lipinski definition) is 5.